The highest BCUT2D eigenvalue weighted by Crippen LogP contribution is 2.69. The molecule has 6 aromatic rings. The number of halogens is 6. The van der Waals surface area contributed by atoms with E-state index in [0.29, 0.717) is 73.9 Å². The van der Waals surface area contributed by atoms with E-state index in [9.17, 15) is 24.0 Å². The van der Waals surface area contributed by atoms with Gasteiger partial charge in [0, 0.05) is 18.2 Å². The number of hydrogen-bond donors (Lipinski definition) is 0. The zero-order valence-electron chi connectivity index (χ0n) is 36.2. The molecule has 344 valence electrons. The van der Waals surface area contributed by atoms with E-state index in [0.717, 1.165) is 12.6 Å². The standard InChI is InChI=1S/C51H35F6N2O8P/c1-27(2)47(64)66-41-26-30(48(4,29-16-14-28(3)15-17-29)68(65)42-13-9-7-11-34(42)33-10-6-8-12-40(33)67-68)20-23-39(41)59-45(62)36-22-19-32(25-38(36)46(59)63)49(50(52,53)54,51(55,56)57)31-18-21-35-37(24-31)44(61)58(5)43(35)60/h6-26H,1H2,2-5H3. The van der Waals surface area contributed by atoms with Gasteiger partial charge < -0.3 is 9.26 Å². The Bertz CT molecular complexity index is 3280. The fourth-order valence-electron chi connectivity index (χ4n) is 9.17. The number of nitrogens with zero attached hydrogens (tertiary/aromatic N) is 2. The highest BCUT2D eigenvalue weighted by atomic mass is 31.2. The molecule has 9 rings (SSSR count). The molecule has 17 heteroatoms. The lowest BCUT2D eigenvalue weighted by Crippen LogP contribution is -2.55. The Balaban J connectivity index is 1.21. The number of imide groups is 2. The Morgan fingerprint density at radius 2 is 1.12 bits per heavy atom. The first kappa shape index (κ1) is 45.6. The number of benzene rings is 6. The molecule has 10 nitrogen and oxygen atoms in total. The number of anilines is 1. The van der Waals surface area contributed by atoms with E-state index in [-0.39, 0.29) is 11.1 Å². The molecule has 0 saturated carbocycles. The minimum atomic E-state index is -6.19. The largest absolute Gasteiger partial charge is 0.438 e. The summed E-state index contributed by atoms with van der Waals surface area (Å²) in [5, 5.41) is -1.29. The summed E-state index contributed by atoms with van der Waals surface area (Å²) < 4.78 is 121. The van der Waals surface area contributed by atoms with E-state index in [1.165, 1.54) is 25.1 Å². The van der Waals surface area contributed by atoms with Crippen LogP contribution < -0.4 is 19.5 Å². The van der Waals surface area contributed by atoms with Crippen LogP contribution in [0.5, 0.6) is 11.5 Å². The summed E-state index contributed by atoms with van der Waals surface area (Å²) in [5.41, 5.74) is -8.21. The molecular formula is C51H35F6N2O8P. The van der Waals surface area contributed by atoms with E-state index in [4.69, 9.17) is 9.26 Å². The number of fused-ring (bicyclic) bond motifs is 5. The van der Waals surface area contributed by atoms with Crippen LogP contribution >= 0.6 is 7.37 Å². The highest BCUT2D eigenvalue weighted by molar-refractivity contribution is 7.69. The number of amides is 4. The van der Waals surface area contributed by atoms with Crippen molar-refractivity contribution in [2.24, 2.45) is 0 Å². The predicted molar refractivity (Wildman–Crippen MR) is 238 cm³/mol. The lowest BCUT2D eigenvalue weighted by Gasteiger charge is -2.41. The number of aryl methyl sites for hydroxylation is 1. The van der Waals surface area contributed by atoms with Crippen molar-refractivity contribution in [1.29, 1.82) is 0 Å². The minimum absolute atomic E-state index is 0.136. The van der Waals surface area contributed by atoms with E-state index in [1.807, 2.05) is 13.0 Å². The van der Waals surface area contributed by atoms with Crippen molar-refractivity contribution in [3.8, 4) is 22.6 Å². The molecule has 0 bridgehead atoms. The van der Waals surface area contributed by atoms with E-state index >= 15 is 30.9 Å². The Kier molecular flexibility index (Phi) is 10.4. The van der Waals surface area contributed by atoms with Crippen molar-refractivity contribution in [3.05, 3.63) is 190 Å². The third kappa shape index (κ3) is 6.40. The molecule has 0 aliphatic carbocycles. The van der Waals surface area contributed by atoms with Crippen LogP contribution in [0.25, 0.3) is 11.1 Å². The number of carbonyl (C=O) groups is 5. The lowest BCUT2D eigenvalue weighted by atomic mass is 9.71. The maximum absolute atomic E-state index is 16.2. The van der Waals surface area contributed by atoms with Crippen LogP contribution in [-0.4, -0.2) is 53.9 Å². The van der Waals surface area contributed by atoms with Gasteiger partial charge in [-0.2, -0.15) is 26.3 Å². The first-order chi connectivity index (χ1) is 32.0. The third-order valence-electron chi connectivity index (χ3n) is 12.8. The molecule has 3 aliphatic heterocycles. The Morgan fingerprint density at radius 3 is 1.72 bits per heavy atom. The maximum atomic E-state index is 16.2. The van der Waals surface area contributed by atoms with Crippen LogP contribution in [0.15, 0.2) is 140 Å². The molecule has 3 heterocycles. The first-order valence-corrected chi connectivity index (χ1v) is 22.3. The molecule has 0 saturated heterocycles. The van der Waals surface area contributed by atoms with Gasteiger partial charge in [0.05, 0.1) is 33.2 Å². The van der Waals surface area contributed by atoms with Gasteiger partial charge in [0.2, 0.25) is 5.41 Å². The zero-order chi connectivity index (χ0) is 49.0. The van der Waals surface area contributed by atoms with Gasteiger partial charge in [0.15, 0.2) is 5.75 Å². The van der Waals surface area contributed by atoms with Gasteiger partial charge in [-0.1, -0.05) is 91.0 Å². The predicted octanol–water partition coefficient (Wildman–Crippen LogP) is 10.8. The average molecular weight is 949 g/mol. The van der Waals surface area contributed by atoms with E-state index in [2.05, 4.69) is 6.58 Å². The summed E-state index contributed by atoms with van der Waals surface area (Å²) in [4.78, 5) is 68.5. The van der Waals surface area contributed by atoms with Gasteiger partial charge in [-0.15, -0.1) is 0 Å². The average Bonchev–Trinajstić information content (AvgIpc) is 3.67. The van der Waals surface area contributed by atoms with Gasteiger partial charge in [-0.25, -0.2) is 9.69 Å². The number of para-hydroxylation sites is 1. The zero-order valence-corrected chi connectivity index (χ0v) is 37.1. The second kappa shape index (κ2) is 15.5. The Morgan fingerprint density at radius 1 is 0.618 bits per heavy atom. The fourth-order valence-corrected chi connectivity index (χ4v) is 12.1. The molecule has 0 radical (unpaired) electrons. The molecule has 2 atom stereocenters. The number of esters is 1. The minimum Gasteiger partial charge on any atom is -0.438 e. The molecule has 0 spiro atoms. The molecule has 2 unspecified atom stereocenters. The van der Waals surface area contributed by atoms with Gasteiger partial charge in [-0.05, 0) is 97.1 Å². The van der Waals surface area contributed by atoms with Crippen molar-refractivity contribution in [3.63, 3.8) is 0 Å². The smallest absolute Gasteiger partial charge is 0.411 e. The molecular weight excluding hydrogens is 914 g/mol. The second-order valence-electron chi connectivity index (χ2n) is 16.8. The van der Waals surface area contributed by atoms with Crippen LogP contribution in [0.1, 0.15) is 83.1 Å². The fraction of sp³-hybridized carbons (Fsp3) is 0.157. The monoisotopic (exact) mass is 948 g/mol. The summed E-state index contributed by atoms with van der Waals surface area (Å²) in [6.45, 7) is 8.44. The van der Waals surface area contributed by atoms with Crippen molar-refractivity contribution in [2.45, 2.75) is 43.7 Å². The van der Waals surface area contributed by atoms with Crippen LogP contribution in [-0.2, 0) is 19.9 Å². The number of ether oxygens (including phenoxy) is 1. The highest BCUT2D eigenvalue weighted by Gasteiger charge is 2.73. The van der Waals surface area contributed by atoms with Gasteiger partial charge in [-0.3, -0.25) is 28.6 Å². The topological polar surface area (TPSA) is 127 Å². The lowest BCUT2D eigenvalue weighted by molar-refractivity contribution is -0.288. The van der Waals surface area contributed by atoms with Crippen LogP contribution in [0, 0.1) is 6.92 Å². The normalized spacial score (nSPS) is 17.5. The maximum Gasteiger partial charge on any atom is 0.411 e. The van der Waals surface area contributed by atoms with Crippen LogP contribution in [0.4, 0.5) is 32.0 Å². The Hall–Kier alpha value is -7.58. The van der Waals surface area contributed by atoms with Crippen LogP contribution in [0.2, 0.25) is 0 Å². The second-order valence-corrected chi connectivity index (χ2v) is 19.5. The number of rotatable bonds is 8. The molecule has 0 fully saturated rings. The summed E-state index contributed by atoms with van der Waals surface area (Å²) in [7, 11) is -3.20. The summed E-state index contributed by atoms with van der Waals surface area (Å²) in [5.74, 6) is -5.84. The van der Waals surface area contributed by atoms with Gasteiger partial charge >= 0.3 is 18.3 Å². The van der Waals surface area contributed by atoms with Crippen molar-refractivity contribution in [2.75, 3.05) is 11.9 Å². The van der Waals surface area contributed by atoms with Crippen molar-refractivity contribution < 1.29 is 64.1 Å². The molecule has 3 aliphatic rings. The summed E-state index contributed by atoms with van der Waals surface area (Å²) in [6.07, 6.45) is -12.4. The number of alkyl halides is 6. The van der Waals surface area contributed by atoms with E-state index < -0.39 is 105 Å². The summed E-state index contributed by atoms with van der Waals surface area (Å²) in [6, 6.07) is 27.8. The third-order valence-corrected chi connectivity index (χ3v) is 16.0. The van der Waals surface area contributed by atoms with Crippen molar-refractivity contribution in [1.82, 2.24) is 4.90 Å². The quantitative estimate of drug-likeness (QED) is 0.0369. The number of hydrogen-bond acceptors (Lipinski definition) is 8. The van der Waals surface area contributed by atoms with Gasteiger partial charge in [0.1, 0.15) is 10.9 Å². The molecule has 6 aromatic carbocycles. The van der Waals surface area contributed by atoms with Crippen LogP contribution in [0.3, 0.4) is 0 Å². The van der Waals surface area contributed by atoms with Gasteiger partial charge in [0.25, 0.3) is 31.0 Å². The Labute approximate surface area is 383 Å². The molecule has 4 amide bonds. The number of carbonyl (C=O) groups excluding carboxylic acids is 5. The van der Waals surface area contributed by atoms with E-state index in [1.54, 1.807) is 73.7 Å². The summed E-state index contributed by atoms with van der Waals surface area (Å²) >= 11 is 0. The molecule has 68 heavy (non-hydrogen) atoms. The molecule has 0 N–H and O–H groups in total. The first-order valence-electron chi connectivity index (χ1n) is 20.7. The molecule has 0 aromatic heterocycles. The SMILES string of the molecule is C=C(C)C(=O)Oc1cc(C(C)(c2ccc(C)cc2)P2(=O)Oc3ccccc3-c3ccccc32)ccc1N1C(=O)c2ccc(C(c3ccc4c(c3)C(=O)N(C)C4=O)(C(F)(F)F)C(F)(F)F)cc2C1=O. The van der Waals surface area contributed by atoms with Crippen molar-refractivity contribution >= 4 is 48.0 Å².